The number of carbonyl (C=O) groups is 1. The maximum absolute atomic E-state index is 12.9. The first kappa shape index (κ1) is 22.0. The number of nitrogens with one attached hydrogen (secondary N) is 3. The molecule has 7 nitrogen and oxygen atoms in total. The number of hydrogen-bond acceptors (Lipinski definition) is 6. The second-order valence-electron chi connectivity index (χ2n) is 7.81. The fourth-order valence-electron chi connectivity index (χ4n) is 3.99. The SMILES string of the molecule is O=C(CCS(=O)(=O)c1ccc2cc(Cl)ccc2c1)C1CNCCC1NCc1ncc[nH]1. The van der Waals surface area contributed by atoms with Crippen molar-refractivity contribution in [3.05, 3.63) is 59.6 Å². The number of rotatable bonds is 8. The molecule has 1 fully saturated rings. The normalized spacial score (nSPS) is 19.5. The lowest BCUT2D eigenvalue weighted by molar-refractivity contribution is -0.123. The summed E-state index contributed by atoms with van der Waals surface area (Å²) >= 11 is 6.00. The van der Waals surface area contributed by atoms with Gasteiger partial charge in [-0.1, -0.05) is 23.7 Å². The maximum atomic E-state index is 12.9. The third-order valence-electron chi connectivity index (χ3n) is 5.73. The average molecular weight is 461 g/mol. The van der Waals surface area contributed by atoms with E-state index in [2.05, 4.69) is 20.6 Å². The summed E-state index contributed by atoms with van der Waals surface area (Å²) in [5, 5.41) is 8.92. The van der Waals surface area contributed by atoms with Crippen molar-refractivity contribution >= 4 is 38.0 Å². The quantitative estimate of drug-likeness (QED) is 0.477. The Hall–Kier alpha value is -2.26. The molecule has 1 aliphatic rings. The van der Waals surface area contributed by atoms with E-state index in [9.17, 15) is 13.2 Å². The molecule has 164 valence electrons. The summed E-state index contributed by atoms with van der Waals surface area (Å²) in [6.45, 7) is 1.91. The fourth-order valence-corrected chi connectivity index (χ4v) is 5.46. The molecule has 3 aromatic rings. The van der Waals surface area contributed by atoms with Gasteiger partial charge in [0.05, 0.1) is 17.2 Å². The van der Waals surface area contributed by atoms with Crippen molar-refractivity contribution in [2.45, 2.75) is 30.3 Å². The van der Waals surface area contributed by atoms with Gasteiger partial charge in [-0.25, -0.2) is 13.4 Å². The minimum Gasteiger partial charge on any atom is -0.348 e. The summed E-state index contributed by atoms with van der Waals surface area (Å²) in [5.41, 5.74) is 0. The minimum absolute atomic E-state index is 0.00743. The van der Waals surface area contributed by atoms with Gasteiger partial charge in [0, 0.05) is 42.3 Å². The lowest BCUT2D eigenvalue weighted by Crippen LogP contribution is -2.50. The predicted molar refractivity (Wildman–Crippen MR) is 121 cm³/mol. The molecule has 0 bridgehead atoms. The Labute approximate surface area is 186 Å². The van der Waals surface area contributed by atoms with Gasteiger partial charge < -0.3 is 15.6 Å². The first-order valence-corrected chi connectivity index (χ1v) is 12.3. The van der Waals surface area contributed by atoms with E-state index in [1.807, 2.05) is 0 Å². The minimum atomic E-state index is -3.57. The standard InChI is InChI=1S/C22H25ClN4O3S/c23-17-3-1-16-12-18(4-2-15(16)11-17)31(29,30)10-6-21(28)19-13-24-7-5-20(19)27-14-22-25-8-9-26-22/h1-4,8-9,11-12,19-20,24,27H,5-7,10,13-14H2,(H,25,26). The Morgan fingerprint density at radius 3 is 2.81 bits per heavy atom. The van der Waals surface area contributed by atoms with E-state index in [4.69, 9.17) is 11.6 Å². The van der Waals surface area contributed by atoms with E-state index < -0.39 is 9.84 Å². The van der Waals surface area contributed by atoms with Crippen LogP contribution >= 0.6 is 11.6 Å². The number of nitrogens with zero attached hydrogens (tertiary/aromatic N) is 1. The second kappa shape index (κ2) is 9.48. The Morgan fingerprint density at radius 1 is 1.19 bits per heavy atom. The van der Waals surface area contributed by atoms with Gasteiger partial charge in [-0.2, -0.15) is 0 Å². The van der Waals surface area contributed by atoms with Gasteiger partial charge >= 0.3 is 0 Å². The monoisotopic (exact) mass is 460 g/mol. The first-order valence-electron chi connectivity index (χ1n) is 10.3. The van der Waals surface area contributed by atoms with Gasteiger partial charge in [-0.3, -0.25) is 4.79 Å². The number of halogens is 1. The van der Waals surface area contributed by atoms with E-state index in [-0.39, 0.29) is 34.8 Å². The number of ketones is 1. The lowest BCUT2D eigenvalue weighted by Gasteiger charge is -2.31. The molecule has 0 radical (unpaired) electrons. The van der Waals surface area contributed by atoms with Crippen LogP contribution in [0.15, 0.2) is 53.7 Å². The molecular formula is C22H25ClN4O3S. The van der Waals surface area contributed by atoms with E-state index in [1.54, 1.807) is 48.8 Å². The van der Waals surface area contributed by atoms with Crippen molar-refractivity contribution in [3.8, 4) is 0 Å². The molecule has 0 spiro atoms. The van der Waals surface area contributed by atoms with Gasteiger partial charge in [-0.15, -0.1) is 0 Å². The summed E-state index contributed by atoms with van der Waals surface area (Å²) < 4.78 is 25.7. The van der Waals surface area contributed by atoms with Crippen molar-refractivity contribution in [1.82, 2.24) is 20.6 Å². The maximum Gasteiger partial charge on any atom is 0.178 e. The highest BCUT2D eigenvalue weighted by Crippen LogP contribution is 2.24. The molecule has 9 heteroatoms. The number of aromatic amines is 1. The van der Waals surface area contributed by atoms with Crippen LogP contribution in [0.4, 0.5) is 0 Å². The fraction of sp³-hybridized carbons (Fsp3) is 0.364. The van der Waals surface area contributed by atoms with Crippen molar-refractivity contribution in [2.75, 3.05) is 18.8 Å². The van der Waals surface area contributed by atoms with Gasteiger partial charge in [-0.05, 0) is 48.0 Å². The summed E-state index contributed by atoms with van der Waals surface area (Å²) in [4.78, 5) is 20.4. The zero-order valence-corrected chi connectivity index (χ0v) is 18.5. The van der Waals surface area contributed by atoms with Crippen LogP contribution in [-0.2, 0) is 21.2 Å². The second-order valence-corrected chi connectivity index (χ2v) is 10.4. The largest absolute Gasteiger partial charge is 0.348 e. The van der Waals surface area contributed by atoms with Crippen molar-refractivity contribution < 1.29 is 13.2 Å². The summed E-state index contributed by atoms with van der Waals surface area (Å²) in [6.07, 6.45) is 4.24. The number of sulfone groups is 1. The molecule has 1 aliphatic heterocycles. The van der Waals surface area contributed by atoms with Crippen LogP contribution in [0.3, 0.4) is 0 Å². The molecule has 3 N–H and O–H groups in total. The Bertz CT molecular complexity index is 1160. The molecule has 31 heavy (non-hydrogen) atoms. The topological polar surface area (TPSA) is 104 Å². The molecule has 2 heterocycles. The molecular weight excluding hydrogens is 436 g/mol. The zero-order chi connectivity index (χ0) is 21.8. The van der Waals surface area contributed by atoms with E-state index >= 15 is 0 Å². The number of piperidine rings is 1. The summed E-state index contributed by atoms with van der Waals surface area (Å²) in [7, 11) is -3.57. The van der Waals surface area contributed by atoms with Crippen LogP contribution in [0.25, 0.3) is 10.8 Å². The predicted octanol–water partition coefficient (Wildman–Crippen LogP) is 2.72. The third-order valence-corrected chi connectivity index (χ3v) is 7.68. The molecule has 0 amide bonds. The van der Waals surface area contributed by atoms with Crippen molar-refractivity contribution in [3.63, 3.8) is 0 Å². The number of imidazole rings is 1. The molecule has 2 aromatic carbocycles. The highest BCUT2D eigenvalue weighted by atomic mass is 35.5. The summed E-state index contributed by atoms with van der Waals surface area (Å²) in [5.74, 6) is 0.301. The summed E-state index contributed by atoms with van der Waals surface area (Å²) in [6, 6.07) is 10.3. The van der Waals surface area contributed by atoms with Crippen molar-refractivity contribution in [2.24, 2.45) is 5.92 Å². The number of Topliss-reactive ketones (excluding diaryl/α,β-unsaturated/α-hetero) is 1. The molecule has 4 rings (SSSR count). The van der Waals surface area contributed by atoms with E-state index in [0.717, 1.165) is 29.6 Å². The number of fused-ring (bicyclic) bond motifs is 1. The van der Waals surface area contributed by atoms with Crippen LogP contribution in [0.5, 0.6) is 0 Å². The van der Waals surface area contributed by atoms with Gasteiger partial charge in [0.1, 0.15) is 11.6 Å². The number of benzene rings is 2. The Kier molecular flexibility index (Phi) is 6.71. The Balaban J connectivity index is 1.40. The number of carbonyl (C=O) groups excluding carboxylic acids is 1. The van der Waals surface area contributed by atoms with Crippen LogP contribution < -0.4 is 10.6 Å². The van der Waals surface area contributed by atoms with Gasteiger partial charge in [0.2, 0.25) is 0 Å². The molecule has 0 aliphatic carbocycles. The number of H-pyrrole nitrogens is 1. The number of aromatic nitrogens is 2. The molecule has 2 unspecified atom stereocenters. The molecule has 0 saturated carbocycles. The molecule has 1 aromatic heterocycles. The van der Waals surface area contributed by atoms with Gasteiger partial charge in [0.15, 0.2) is 9.84 Å². The van der Waals surface area contributed by atoms with Crippen LogP contribution in [0.2, 0.25) is 5.02 Å². The first-order chi connectivity index (χ1) is 14.9. The van der Waals surface area contributed by atoms with Crippen LogP contribution in [-0.4, -0.2) is 49.1 Å². The van der Waals surface area contributed by atoms with E-state index in [1.165, 1.54) is 0 Å². The Morgan fingerprint density at radius 2 is 2.00 bits per heavy atom. The highest BCUT2D eigenvalue weighted by molar-refractivity contribution is 7.91. The smallest absolute Gasteiger partial charge is 0.178 e. The molecule has 1 saturated heterocycles. The molecule has 2 atom stereocenters. The van der Waals surface area contributed by atoms with E-state index in [0.29, 0.717) is 18.1 Å². The van der Waals surface area contributed by atoms with Crippen molar-refractivity contribution in [1.29, 1.82) is 0 Å². The highest BCUT2D eigenvalue weighted by Gasteiger charge is 2.31. The number of hydrogen-bond donors (Lipinski definition) is 3. The van der Waals surface area contributed by atoms with Gasteiger partial charge in [0.25, 0.3) is 0 Å². The third kappa shape index (κ3) is 5.33. The zero-order valence-electron chi connectivity index (χ0n) is 17.0. The average Bonchev–Trinajstić information content (AvgIpc) is 3.29. The lowest BCUT2D eigenvalue weighted by atomic mass is 9.88. The van der Waals surface area contributed by atoms with Crippen LogP contribution in [0, 0.1) is 5.92 Å². The van der Waals surface area contributed by atoms with Crippen LogP contribution in [0.1, 0.15) is 18.7 Å².